The molecular formula is I3LiS. The Morgan fingerprint density at radius 1 is 0.600 bits per heavy atom. The maximum absolute atomic E-state index is 0. The summed E-state index contributed by atoms with van der Waals surface area (Å²) in [4.78, 5) is 0. The normalized spacial score (nSPS) is 0. The minimum absolute atomic E-state index is 0. The van der Waals surface area contributed by atoms with Crippen molar-refractivity contribution in [2.24, 2.45) is 0 Å². The zero-order valence-corrected chi connectivity index (χ0v) is 9.83. The molecule has 0 spiro atoms. The molecule has 0 rings (SSSR count). The fraction of sp³-hybridized carbons (Fsp3) is 0. The van der Waals surface area contributed by atoms with E-state index in [0.717, 1.165) is 0 Å². The Hall–Kier alpha value is 3.14. The van der Waals surface area contributed by atoms with Crippen molar-refractivity contribution in [3.05, 3.63) is 0 Å². The van der Waals surface area contributed by atoms with E-state index in [2.05, 4.69) is 0 Å². The molecule has 0 heterocycles. The Labute approximate surface area is 102 Å². The van der Waals surface area contributed by atoms with Crippen LogP contribution in [0.5, 0.6) is 0 Å². The van der Waals surface area contributed by atoms with E-state index in [-0.39, 0.29) is 104 Å². The molecule has 0 aromatic rings. The van der Waals surface area contributed by atoms with Crippen molar-refractivity contribution in [1.29, 1.82) is 0 Å². The third kappa shape index (κ3) is 19.1. The minimum atomic E-state index is 0. The Bertz CT molecular complexity index is 6.85. The molecule has 0 saturated carbocycles. The molecule has 0 aliphatic carbocycles. The Morgan fingerprint density at radius 2 is 0.600 bits per heavy atom. The van der Waals surface area contributed by atoms with Crippen LogP contribution in [0.15, 0.2) is 0 Å². The van der Waals surface area contributed by atoms with Gasteiger partial charge >= 0.3 is 32.4 Å². The predicted molar refractivity (Wildman–Crippen MR) is 7.37 cm³/mol. The summed E-state index contributed by atoms with van der Waals surface area (Å²) in [7, 11) is 0. The first-order chi connectivity index (χ1) is 0. The maximum Gasteiger partial charge on any atom is 2.00 e. The molecule has 0 unspecified atom stereocenters. The van der Waals surface area contributed by atoms with E-state index in [1.54, 1.807) is 0 Å². The van der Waals surface area contributed by atoms with Gasteiger partial charge in [-0.2, -0.15) is 0 Å². The molecule has 0 atom stereocenters. The Kier molecular flexibility index (Phi) is 230. The van der Waals surface area contributed by atoms with Crippen molar-refractivity contribution in [1.82, 2.24) is 0 Å². The molecule has 0 saturated heterocycles. The summed E-state index contributed by atoms with van der Waals surface area (Å²) in [5.41, 5.74) is 0. The van der Waals surface area contributed by atoms with Crippen LogP contribution in [0.3, 0.4) is 0 Å². The van der Waals surface area contributed by atoms with Crippen LogP contribution >= 0.6 is 0 Å². The van der Waals surface area contributed by atoms with Gasteiger partial charge in [-0.1, -0.05) is 0 Å². The van der Waals surface area contributed by atoms with Crippen LogP contribution < -0.4 is 90.8 Å². The van der Waals surface area contributed by atoms with E-state index in [9.17, 15) is 0 Å². The van der Waals surface area contributed by atoms with Gasteiger partial charge in [0.2, 0.25) is 0 Å². The van der Waals surface area contributed by atoms with Crippen molar-refractivity contribution in [3.63, 3.8) is 0 Å². The molecule has 4 radical (unpaired) electrons. The molecule has 0 nitrogen and oxygen atoms in total. The van der Waals surface area contributed by atoms with Crippen LogP contribution in [-0.2, 0) is 13.5 Å². The van der Waals surface area contributed by atoms with Gasteiger partial charge in [0, 0.05) is 0 Å². The van der Waals surface area contributed by atoms with Crippen molar-refractivity contribution in [3.8, 4) is 0 Å². The molecule has 5 heavy (non-hydrogen) atoms. The molecule has 0 aromatic heterocycles. The molecule has 0 fully saturated rings. The van der Waals surface area contributed by atoms with Crippen LogP contribution in [0.4, 0.5) is 0 Å². The van der Waals surface area contributed by atoms with E-state index >= 15 is 0 Å². The summed E-state index contributed by atoms with van der Waals surface area (Å²) in [6.45, 7) is 0. The quantitative estimate of drug-likeness (QED) is 0.270. The maximum atomic E-state index is 0. The van der Waals surface area contributed by atoms with Crippen molar-refractivity contribution in [2.45, 2.75) is 0 Å². The average Bonchev–Trinajstić information content (AvgIpc) is 0. The van der Waals surface area contributed by atoms with Gasteiger partial charge in [0.25, 0.3) is 0 Å². The summed E-state index contributed by atoms with van der Waals surface area (Å²) in [5, 5.41) is 0. The van der Waals surface area contributed by atoms with Gasteiger partial charge in [-0.3, -0.25) is 0 Å². The van der Waals surface area contributed by atoms with Gasteiger partial charge in [-0.25, -0.2) is 0 Å². The number of hydrogen-bond acceptors (Lipinski definition) is 0. The second-order valence-corrected chi connectivity index (χ2v) is 0. The van der Waals surface area contributed by atoms with E-state index in [4.69, 9.17) is 0 Å². The Morgan fingerprint density at radius 3 is 0.600 bits per heavy atom. The first-order valence-electron chi connectivity index (χ1n) is 0. The Balaban J connectivity index is 0. The van der Waals surface area contributed by atoms with E-state index < -0.39 is 0 Å². The van der Waals surface area contributed by atoms with Gasteiger partial charge in [-0.15, -0.1) is 0 Å². The first-order valence-corrected chi connectivity index (χ1v) is 0. The summed E-state index contributed by atoms with van der Waals surface area (Å²) in [6, 6.07) is 0. The molecular weight excluding hydrogens is 420 g/mol. The smallest absolute Gasteiger partial charge is 1.00 e. The van der Waals surface area contributed by atoms with Crippen LogP contribution in [0.2, 0.25) is 0 Å². The van der Waals surface area contributed by atoms with Gasteiger partial charge in [0.1, 0.15) is 0 Å². The number of hydrogen-bond donors (Lipinski definition) is 0. The van der Waals surface area contributed by atoms with Crippen molar-refractivity contribution in [2.75, 3.05) is 0 Å². The van der Waals surface area contributed by atoms with E-state index in [1.165, 1.54) is 0 Å². The third-order valence-electron chi connectivity index (χ3n) is 0. The van der Waals surface area contributed by atoms with Crippen molar-refractivity contribution >= 4 is 13.5 Å². The molecule has 0 bridgehead atoms. The largest absolute Gasteiger partial charge is 2.00 e. The SMILES string of the molecule is [I-].[I-].[I-].[Li+].[S+2]. The fourth-order valence-electron chi connectivity index (χ4n) is 0. The zero-order valence-electron chi connectivity index (χ0n) is 2.54. The van der Waals surface area contributed by atoms with E-state index in [0.29, 0.717) is 0 Å². The van der Waals surface area contributed by atoms with E-state index in [1.807, 2.05) is 0 Å². The monoisotopic (exact) mass is 420 g/mol. The van der Waals surface area contributed by atoms with Crippen LogP contribution in [-0.4, -0.2) is 0 Å². The summed E-state index contributed by atoms with van der Waals surface area (Å²) < 4.78 is 0. The first kappa shape index (κ1) is 42.1. The standard InChI is InChI=1S/3HI.Li.S/h3*1H;;/q;;;+1;+2/p-3. The summed E-state index contributed by atoms with van der Waals surface area (Å²) in [5.74, 6) is 0. The summed E-state index contributed by atoms with van der Waals surface area (Å²) >= 11 is 0. The number of rotatable bonds is 0. The van der Waals surface area contributed by atoms with Gasteiger partial charge in [0.05, 0.1) is 0 Å². The van der Waals surface area contributed by atoms with Crippen LogP contribution in [0, 0.1) is 0 Å². The zero-order chi connectivity index (χ0) is 0. The minimum Gasteiger partial charge on any atom is -1.00 e. The molecule has 0 aliphatic rings. The van der Waals surface area contributed by atoms with Gasteiger partial charge in [0.15, 0.2) is 0 Å². The van der Waals surface area contributed by atoms with Crippen molar-refractivity contribution < 1.29 is 90.8 Å². The predicted octanol–water partition coefficient (Wildman–Crippen LogP) is -12.0. The van der Waals surface area contributed by atoms with Crippen LogP contribution in [0.1, 0.15) is 0 Å². The topological polar surface area (TPSA) is 0 Å². The second-order valence-electron chi connectivity index (χ2n) is 0. The molecule has 0 amide bonds. The molecule has 0 N–H and O–H groups in total. The fourth-order valence-corrected chi connectivity index (χ4v) is 0. The molecule has 0 aromatic carbocycles. The molecule has 0 aliphatic heterocycles. The molecule has 5 heteroatoms. The third-order valence-corrected chi connectivity index (χ3v) is 0. The van der Waals surface area contributed by atoms with Gasteiger partial charge in [-0.05, 0) is 0 Å². The van der Waals surface area contributed by atoms with Gasteiger partial charge < -0.3 is 71.9 Å². The summed E-state index contributed by atoms with van der Waals surface area (Å²) in [6.07, 6.45) is 0. The second kappa shape index (κ2) is 27.3. The average molecular weight is 420 g/mol. The van der Waals surface area contributed by atoms with Crippen LogP contribution in [0.25, 0.3) is 0 Å². The molecule has 28 valence electrons. The number of halogens is 3.